The second-order valence-corrected chi connectivity index (χ2v) is 3.99. The lowest BCUT2D eigenvalue weighted by Crippen LogP contribution is -1.99. The molecule has 82 valence electrons. The topological polar surface area (TPSA) is 80.9 Å². The van der Waals surface area contributed by atoms with Gasteiger partial charge in [0.15, 0.2) is 5.16 Å². The number of hydrogen-bond acceptors (Lipinski definition) is 5. The maximum Gasteiger partial charge on any atom is 0.354 e. The van der Waals surface area contributed by atoms with Crippen LogP contribution in [0.2, 0.25) is 0 Å². The summed E-state index contributed by atoms with van der Waals surface area (Å²) < 4.78 is 1.63. The van der Waals surface area contributed by atoms with Crippen LogP contribution in [0, 0.1) is 0 Å². The second-order valence-electron chi connectivity index (χ2n) is 2.95. The van der Waals surface area contributed by atoms with Crippen LogP contribution < -0.4 is 0 Å². The summed E-state index contributed by atoms with van der Waals surface area (Å²) in [6.45, 7) is 0. The fraction of sp³-hybridized carbons (Fsp3) is 0.111. The summed E-state index contributed by atoms with van der Waals surface area (Å²) in [5.41, 5.74) is 0.0299. The van der Waals surface area contributed by atoms with E-state index in [2.05, 4.69) is 15.1 Å². The summed E-state index contributed by atoms with van der Waals surface area (Å²) in [5, 5.41) is 13.3. The molecule has 7 heteroatoms. The molecular weight excluding hydrogens is 228 g/mol. The summed E-state index contributed by atoms with van der Waals surface area (Å²) >= 11 is 1.38. The molecule has 0 amide bonds. The van der Waals surface area contributed by atoms with Crippen molar-refractivity contribution in [2.75, 3.05) is 0 Å². The summed E-state index contributed by atoms with van der Waals surface area (Å²) in [4.78, 5) is 19.3. The quantitative estimate of drug-likeness (QED) is 0.858. The first-order valence-corrected chi connectivity index (χ1v) is 5.19. The average molecular weight is 236 g/mol. The average Bonchev–Trinajstić information content (AvgIpc) is 2.65. The predicted molar refractivity (Wildman–Crippen MR) is 56.3 cm³/mol. The third kappa shape index (κ3) is 2.19. The van der Waals surface area contributed by atoms with Gasteiger partial charge in [-0.1, -0.05) is 0 Å². The highest BCUT2D eigenvalue weighted by molar-refractivity contribution is 7.99. The lowest BCUT2D eigenvalue weighted by Gasteiger charge is -2.00. The van der Waals surface area contributed by atoms with Gasteiger partial charge in [-0.25, -0.2) is 19.4 Å². The Bertz CT molecular complexity index is 508. The van der Waals surface area contributed by atoms with Crippen molar-refractivity contribution in [1.82, 2.24) is 19.7 Å². The summed E-state index contributed by atoms with van der Waals surface area (Å²) in [6, 6.07) is 3.15. The van der Waals surface area contributed by atoms with E-state index >= 15 is 0 Å². The van der Waals surface area contributed by atoms with Gasteiger partial charge in [-0.2, -0.15) is 5.10 Å². The van der Waals surface area contributed by atoms with Crippen molar-refractivity contribution in [3.05, 3.63) is 30.4 Å². The number of hydrogen-bond donors (Lipinski definition) is 1. The molecule has 2 aromatic heterocycles. The SMILES string of the molecule is Cn1ncnc1Sc1ccc(C(=O)O)nc1. The molecule has 6 nitrogen and oxygen atoms in total. The first kappa shape index (κ1) is 10.6. The van der Waals surface area contributed by atoms with Gasteiger partial charge in [-0.3, -0.25) is 0 Å². The zero-order valence-electron chi connectivity index (χ0n) is 8.36. The molecule has 0 spiro atoms. The molecule has 0 radical (unpaired) electrons. The van der Waals surface area contributed by atoms with Crippen molar-refractivity contribution in [2.24, 2.45) is 7.05 Å². The van der Waals surface area contributed by atoms with Gasteiger partial charge in [0, 0.05) is 18.1 Å². The van der Waals surface area contributed by atoms with Crippen LogP contribution in [0.4, 0.5) is 0 Å². The van der Waals surface area contributed by atoms with Crippen molar-refractivity contribution < 1.29 is 9.90 Å². The third-order valence-electron chi connectivity index (χ3n) is 1.83. The molecule has 2 aromatic rings. The van der Waals surface area contributed by atoms with E-state index in [4.69, 9.17) is 5.11 Å². The lowest BCUT2D eigenvalue weighted by molar-refractivity contribution is 0.0690. The number of carboxylic acids is 1. The normalized spacial score (nSPS) is 10.3. The number of carboxylic acid groups (broad SMARTS) is 1. The number of carbonyl (C=O) groups is 1. The minimum absolute atomic E-state index is 0.0299. The van der Waals surface area contributed by atoms with Gasteiger partial charge in [0.2, 0.25) is 0 Å². The Kier molecular flexibility index (Phi) is 2.86. The number of pyridine rings is 1. The highest BCUT2D eigenvalue weighted by Crippen LogP contribution is 2.24. The standard InChI is InChI=1S/C9H8N4O2S/c1-13-9(11-5-12-13)16-6-2-3-7(8(14)15)10-4-6/h2-5H,1H3,(H,14,15). The van der Waals surface area contributed by atoms with Crippen LogP contribution in [0.5, 0.6) is 0 Å². The maximum atomic E-state index is 10.6. The summed E-state index contributed by atoms with van der Waals surface area (Å²) in [5.74, 6) is -1.03. The van der Waals surface area contributed by atoms with Gasteiger partial charge >= 0.3 is 5.97 Å². The first-order chi connectivity index (χ1) is 7.66. The lowest BCUT2D eigenvalue weighted by atomic mass is 10.4. The van der Waals surface area contributed by atoms with Crippen LogP contribution in [0.3, 0.4) is 0 Å². The van der Waals surface area contributed by atoms with Crippen molar-refractivity contribution in [3.63, 3.8) is 0 Å². The molecule has 0 aliphatic carbocycles. The molecule has 1 N–H and O–H groups in total. The number of aromatic nitrogens is 4. The highest BCUT2D eigenvalue weighted by atomic mass is 32.2. The zero-order chi connectivity index (χ0) is 11.5. The van der Waals surface area contributed by atoms with Crippen molar-refractivity contribution in [1.29, 1.82) is 0 Å². The van der Waals surface area contributed by atoms with Gasteiger partial charge in [0.1, 0.15) is 12.0 Å². The molecule has 0 unspecified atom stereocenters. The van der Waals surface area contributed by atoms with Gasteiger partial charge in [-0.05, 0) is 23.9 Å². The number of nitrogens with zero attached hydrogens (tertiary/aromatic N) is 4. The minimum atomic E-state index is -1.03. The number of aryl methyl sites for hydroxylation is 1. The molecule has 0 saturated carbocycles. The molecule has 16 heavy (non-hydrogen) atoms. The van der Waals surface area contributed by atoms with Gasteiger partial charge in [0.05, 0.1) is 0 Å². The smallest absolute Gasteiger partial charge is 0.354 e. The molecule has 0 aromatic carbocycles. The van der Waals surface area contributed by atoms with Crippen LogP contribution >= 0.6 is 11.8 Å². The Hall–Kier alpha value is -1.89. The molecule has 0 saturated heterocycles. The number of aromatic carboxylic acids is 1. The van der Waals surface area contributed by atoms with Crippen LogP contribution in [-0.2, 0) is 7.05 Å². The summed E-state index contributed by atoms with van der Waals surface area (Å²) in [7, 11) is 1.79. The molecule has 2 rings (SSSR count). The molecule has 2 heterocycles. The monoisotopic (exact) mass is 236 g/mol. The molecule has 0 aliphatic rings. The fourth-order valence-corrected chi connectivity index (χ4v) is 1.78. The Morgan fingerprint density at radius 1 is 1.44 bits per heavy atom. The zero-order valence-corrected chi connectivity index (χ0v) is 9.18. The minimum Gasteiger partial charge on any atom is -0.477 e. The predicted octanol–water partition coefficient (Wildman–Crippen LogP) is 1.06. The Morgan fingerprint density at radius 2 is 2.25 bits per heavy atom. The van der Waals surface area contributed by atoms with E-state index in [-0.39, 0.29) is 5.69 Å². The van der Waals surface area contributed by atoms with Gasteiger partial charge in [-0.15, -0.1) is 0 Å². The Morgan fingerprint density at radius 3 is 2.75 bits per heavy atom. The van der Waals surface area contributed by atoms with Gasteiger partial charge < -0.3 is 5.11 Å². The van der Waals surface area contributed by atoms with Crippen molar-refractivity contribution in [2.45, 2.75) is 10.1 Å². The van der Waals surface area contributed by atoms with E-state index < -0.39 is 5.97 Å². The molecule has 0 fully saturated rings. The second kappa shape index (κ2) is 4.31. The van der Waals surface area contributed by atoms with Gasteiger partial charge in [0.25, 0.3) is 0 Å². The third-order valence-corrected chi connectivity index (χ3v) is 2.86. The highest BCUT2D eigenvalue weighted by Gasteiger charge is 2.06. The van der Waals surface area contributed by atoms with Crippen LogP contribution in [0.25, 0.3) is 0 Å². The van der Waals surface area contributed by atoms with E-state index in [1.165, 1.54) is 30.4 Å². The molecular formula is C9H8N4O2S. The Labute approximate surface area is 95.3 Å². The Balaban J connectivity index is 2.17. The molecule has 0 bridgehead atoms. The van der Waals surface area contributed by atoms with Crippen molar-refractivity contribution in [3.8, 4) is 0 Å². The maximum absolute atomic E-state index is 10.6. The molecule has 0 atom stereocenters. The fourth-order valence-electron chi connectivity index (χ4n) is 1.05. The van der Waals surface area contributed by atoms with E-state index in [1.54, 1.807) is 17.8 Å². The first-order valence-electron chi connectivity index (χ1n) is 4.38. The summed E-state index contributed by atoms with van der Waals surface area (Å²) in [6.07, 6.45) is 2.96. The largest absolute Gasteiger partial charge is 0.477 e. The van der Waals surface area contributed by atoms with E-state index in [0.29, 0.717) is 0 Å². The van der Waals surface area contributed by atoms with Crippen LogP contribution in [0.15, 0.2) is 34.7 Å². The van der Waals surface area contributed by atoms with Crippen molar-refractivity contribution >= 4 is 17.7 Å². The molecule has 0 aliphatic heterocycles. The number of rotatable bonds is 3. The van der Waals surface area contributed by atoms with Crippen LogP contribution in [0.1, 0.15) is 10.5 Å². The van der Waals surface area contributed by atoms with E-state index in [1.807, 2.05) is 0 Å². The van der Waals surface area contributed by atoms with E-state index in [0.717, 1.165) is 10.1 Å². The van der Waals surface area contributed by atoms with E-state index in [9.17, 15) is 4.79 Å². The van der Waals surface area contributed by atoms with Crippen LogP contribution in [-0.4, -0.2) is 30.8 Å².